The Morgan fingerprint density at radius 2 is 2.00 bits per heavy atom. The van der Waals surface area contributed by atoms with Crippen molar-refractivity contribution in [3.05, 3.63) is 58.1 Å². The number of piperidine rings is 1. The molecule has 0 aromatic heterocycles. The Bertz CT molecular complexity index is 831. The van der Waals surface area contributed by atoms with Gasteiger partial charge >= 0.3 is 0 Å². The SMILES string of the molecule is COc1ccc(O)c(/C=N/NC(=O)C2CC[NH+](Cc3ccc(Br)cc3)CC2)c1. The number of hydrogen-bond donors (Lipinski definition) is 3. The number of methoxy groups -OCH3 is 1. The molecule has 1 heterocycles. The highest BCUT2D eigenvalue weighted by Crippen LogP contribution is 2.21. The summed E-state index contributed by atoms with van der Waals surface area (Å²) in [4.78, 5) is 13.9. The topological polar surface area (TPSA) is 75.4 Å². The van der Waals surface area contributed by atoms with Gasteiger partial charge in [-0.05, 0) is 30.3 Å². The van der Waals surface area contributed by atoms with Crippen molar-refractivity contribution in [2.24, 2.45) is 11.0 Å². The average Bonchev–Trinajstić information content (AvgIpc) is 2.71. The molecule has 0 atom stereocenters. The molecule has 0 saturated carbocycles. The van der Waals surface area contributed by atoms with Crippen molar-refractivity contribution >= 4 is 28.1 Å². The number of carbonyl (C=O) groups excluding carboxylic acids is 1. The number of amides is 1. The molecule has 3 N–H and O–H groups in total. The molecule has 0 unspecified atom stereocenters. The molecule has 1 saturated heterocycles. The summed E-state index contributed by atoms with van der Waals surface area (Å²) in [6.07, 6.45) is 3.12. The van der Waals surface area contributed by atoms with Crippen LogP contribution in [0.5, 0.6) is 11.5 Å². The van der Waals surface area contributed by atoms with Crippen LogP contribution in [0, 0.1) is 5.92 Å². The minimum atomic E-state index is -0.0682. The van der Waals surface area contributed by atoms with E-state index in [-0.39, 0.29) is 17.6 Å². The molecular formula is C21H25BrN3O3+. The number of hydrogen-bond acceptors (Lipinski definition) is 4. The van der Waals surface area contributed by atoms with E-state index in [9.17, 15) is 9.90 Å². The fourth-order valence-corrected chi connectivity index (χ4v) is 3.64. The Balaban J connectivity index is 1.47. The number of nitrogens with zero attached hydrogens (tertiary/aromatic N) is 1. The standard InChI is InChI=1S/C21H24BrN3O3/c1-28-19-6-7-20(26)17(12-19)13-23-24-21(27)16-8-10-25(11-9-16)14-15-2-4-18(22)5-3-15/h2-7,12-13,16,26H,8-11,14H2,1H3,(H,24,27)/p+1/b23-13+. The van der Waals surface area contributed by atoms with Crippen LogP contribution in [-0.4, -0.2) is 37.4 Å². The Kier molecular flexibility index (Phi) is 7.06. The number of ether oxygens (including phenoxy) is 1. The summed E-state index contributed by atoms with van der Waals surface area (Å²) >= 11 is 3.46. The van der Waals surface area contributed by atoms with E-state index in [0.29, 0.717) is 11.3 Å². The molecule has 7 heteroatoms. The highest BCUT2D eigenvalue weighted by atomic mass is 79.9. The summed E-state index contributed by atoms with van der Waals surface area (Å²) in [5.41, 5.74) is 4.40. The van der Waals surface area contributed by atoms with Crippen LogP contribution in [0.25, 0.3) is 0 Å². The molecule has 0 bridgehead atoms. The third kappa shape index (κ3) is 5.56. The Morgan fingerprint density at radius 1 is 1.29 bits per heavy atom. The summed E-state index contributed by atoms with van der Waals surface area (Å²) in [5, 5.41) is 13.8. The van der Waals surface area contributed by atoms with Crippen molar-refractivity contribution in [2.45, 2.75) is 19.4 Å². The lowest BCUT2D eigenvalue weighted by molar-refractivity contribution is -0.919. The summed E-state index contributed by atoms with van der Waals surface area (Å²) < 4.78 is 6.21. The summed E-state index contributed by atoms with van der Waals surface area (Å²) in [5.74, 6) is 0.612. The van der Waals surface area contributed by atoms with Gasteiger partial charge in [-0.2, -0.15) is 5.10 Å². The van der Waals surface area contributed by atoms with E-state index in [1.165, 1.54) is 22.7 Å². The van der Waals surface area contributed by atoms with Crippen LogP contribution in [0.15, 0.2) is 52.0 Å². The van der Waals surface area contributed by atoms with Crippen molar-refractivity contribution in [3.8, 4) is 11.5 Å². The maximum atomic E-state index is 12.4. The lowest BCUT2D eigenvalue weighted by Gasteiger charge is -2.28. The van der Waals surface area contributed by atoms with Gasteiger partial charge in [-0.3, -0.25) is 4.79 Å². The molecule has 3 rings (SSSR count). The Hall–Kier alpha value is -2.38. The second-order valence-electron chi connectivity index (χ2n) is 6.99. The second-order valence-corrected chi connectivity index (χ2v) is 7.90. The van der Waals surface area contributed by atoms with Crippen LogP contribution in [0.4, 0.5) is 0 Å². The van der Waals surface area contributed by atoms with E-state index < -0.39 is 0 Å². The van der Waals surface area contributed by atoms with Gasteiger partial charge in [0.25, 0.3) is 0 Å². The third-order valence-corrected chi connectivity index (χ3v) is 5.57. The molecule has 28 heavy (non-hydrogen) atoms. The number of carbonyl (C=O) groups is 1. The minimum Gasteiger partial charge on any atom is -0.507 e. The van der Waals surface area contributed by atoms with E-state index in [2.05, 4.69) is 50.7 Å². The molecular weight excluding hydrogens is 422 g/mol. The zero-order chi connectivity index (χ0) is 19.9. The average molecular weight is 447 g/mol. The molecule has 1 aliphatic rings. The van der Waals surface area contributed by atoms with Crippen molar-refractivity contribution in [1.82, 2.24) is 5.43 Å². The van der Waals surface area contributed by atoms with Crippen molar-refractivity contribution < 1.29 is 19.5 Å². The molecule has 0 radical (unpaired) electrons. The first-order valence-electron chi connectivity index (χ1n) is 9.33. The van der Waals surface area contributed by atoms with E-state index in [1.54, 1.807) is 19.2 Å². The van der Waals surface area contributed by atoms with Crippen LogP contribution in [0.2, 0.25) is 0 Å². The highest BCUT2D eigenvalue weighted by Gasteiger charge is 2.27. The molecule has 2 aromatic carbocycles. The molecule has 2 aromatic rings. The second kappa shape index (κ2) is 9.71. The van der Waals surface area contributed by atoms with E-state index >= 15 is 0 Å². The van der Waals surface area contributed by atoms with Gasteiger partial charge in [0.05, 0.1) is 32.3 Å². The predicted molar refractivity (Wildman–Crippen MR) is 112 cm³/mol. The number of phenols is 1. The lowest BCUT2D eigenvalue weighted by atomic mass is 9.96. The number of nitrogens with one attached hydrogen (secondary N) is 2. The van der Waals surface area contributed by atoms with Crippen molar-refractivity contribution in [1.29, 1.82) is 0 Å². The predicted octanol–water partition coefficient (Wildman–Crippen LogP) is 2.11. The molecule has 6 nitrogen and oxygen atoms in total. The van der Waals surface area contributed by atoms with Gasteiger partial charge in [0.15, 0.2) is 0 Å². The van der Waals surface area contributed by atoms with E-state index in [4.69, 9.17) is 4.74 Å². The number of benzene rings is 2. The number of quaternary nitrogens is 1. The maximum Gasteiger partial charge on any atom is 0.243 e. The third-order valence-electron chi connectivity index (χ3n) is 5.04. The number of aromatic hydroxyl groups is 1. The van der Waals surface area contributed by atoms with Gasteiger partial charge in [-0.15, -0.1) is 0 Å². The van der Waals surface area contributed by atoms with Crippen LogP contribution in [0.1, 0.15) is 24.0 Å². The number of hydrazone groups is 1. The number of likely N-dealkylation sites (tertiary alicyclic amines) is 1. The number of rotatable bonds is 6. The molecule has 1 fully saturated rings. The largest absolute Gasteiger partial charge is 0.507 e. The summed E-state index contributed by atoms with van der Waals surface area (Å²) in [6.45, 7) is 2.91. The van der Waals surface area contributed by atoms with Crippen LogP contribution in [-0.2, 0) is 11.3 Å². The van der Waals surface area contributed by atoms with E-state index in [0.717, 1.165) is 36.9 Å². The molecule has 1 amide bonds. The van der Waals surface area contributed by atoms with Crippen molar-refractivity contribution in [2.75, 3.05) is 20.2 Å². The first-order valence-corrected chi connectivity index (χ1v) is 10.1. The lowest BCUT2D eigenvalue weighted by Crippen LogP contribution is -3.11. The summed E-state index contributed by atoms with van der Waals surface area (Å²) in [6, 6.07) is 13.3. The monoisotopic (exact) mass is 446 g/mol. The van der Waals surface area contributed by atoms with Gasteiger partial charge in [0.2, 0.25) is 5.91 Å². The van der Waals surface area contributed by atoms with E-state index in [1.807, 2.05) is 0 Å². The fourth-order valence-electron chi connectivity index (χ4n) is 3.38. The maximum absolute atomic E-state index is 12.4. The number of phenolic OH excluding ortho intramolecular Hbond substituents is 1. The first-order chi connectivity index (χ1) is 13.5. The molecule has 0 aliphatic carbocycles. The fraction of sp³-hybridized carbons (Fsp3) is 0.333. The van der Waals surface area contributed by atoms with Gasteiger partial charge in [0, 0.05) is 28.4 Å². The Morgan fingerprint density at radius 3 is 2.68 bits per heavy atom. The van der Waals surface area contributed by atoms with Gasteiger partial charge < -0.3 is 14.7 Å². The molecule has 148 valence electrons. The quantitative estimate of drug-likeness (QED) is 0.469. The zero-order valence-corrected chi connectivity index (χ0v) is 17.4. The van der Waals surface area contributed by atoms with Crippen LogP contribution < -0.4 is 15.1 Å². The number of halogens is 1. The van der Waals surface area contributed by atoms with Crippen molar-refractivity contribution in [3.63, 3.8) is 0 Å². The molecule has 0 spiro atoms. The van der Waals surface area contributed by atoms with Gasteiger partial charge in [-0.25, -0.2) is 5.43 Å². The van der Waals surface area contributed by atoms with Crippen LogP contribution >= 0.6 is 15.9 Å². The molecule has 1 aliphatic heterocycles. The minimum absolute atomic E-state index is 0.0234. The van der Waals surface area contributed by atoms with Gasteiger partial charge in [-0.1, -0.05) is 28.1 Å². The normalized spacial score (nSPS) is 19.5. The van der Waals surface area contributed by atoms with Crippen LogP contribution in [0.3, 0.4) is 0 Å². The highest BCUT2D eigenvalue weighted by molar-refractivity contribution is 9.10. The Labute approximate surface area is 173 Å². The smallest absolute Gasteiger partial charge is 0.243 e. The first kappa shape index (κ1) is 20.4. The summed E-state index contributed by atoms with van der Waals surface area (Å²) in [7, 11) is 1.56. The zero-order valence-electron chi connectivity index (χ0n) is 15.8. The van der Waals surface area contributed by atoms with Gasteiger partial charge in [0.1, 0.15) is 18.0 Å².